The lowest BCUT2D eigenvalue weighted by Gasteiger charge is -2.16. The van der Waals surface area contributed by atoms with E-state index in [0.29, 0.717) is 11.8 Å². The molecule has 4 nitrogen and oxygen atoms in total. The van der Waals surface area contributed by atoms with Crippen LogP contribution < -0.4 is 5.32 Å². The number of nitrogens with one attached hydrogen (secondary N) is 1. The highest BCUT2D eigenvalue weighted by molar-refractivity contribution is 7.99. The first kappa shape index (κ1) is 10.6. The molecule has 2 fully saturated rings. The van der Waals surface area contributed by atoms with Crippen molar-refractivity contribution in [3.05, 3.63) is 11.7 Å². The molecule has 1 N–H and O–H groups in total. The van der Waals surface area contributed by atoms with Gasteiger partial charge in [-0.15, -0.1) is 0 Å². The molecule has 1 aromatic heterocycles. The van der Waals surface area contributed by atoms with Gasteiger partial charge in [0.2, 0.25) is 5.89 Å². The molecule has 16 heavy (non-hydrogen) atoms. The first-order chi connectivity index (χ1) is 7.93. The third kappa shape index (κ3) is 2.11. The SMILES string of the molecule is C1CC(c2noc(C3CCSCC3)n2)CN1. The van der Waals surface area contributed by atoms with Crippen molar-refractivity contribution in [3.63, 3.8) is 0 Å². The summed E-state index contributed by atoms with van der Waals surface area (Å²) in [5.74, 6) is 5.23. The average Bonchev–Trinajstić information content (AvgIpc) is 3.01. The first-order valence-corrected chi connectivity index (χ1v) is 7.21. The number of hydrogen-bond acceptors (Lipinski definition) is 5. The monoisotopic (exact) mass is 239 g/mol. The molecule has 0 amide bonds. The first-order valence-electron chi connectivity index (χ1n) is 6.05. The Balaban J connectivity index is 1.71. The van der Waals surface area contributed by atoms with Crippen LogP contribution in [0.3, 0.4) is 0 Å². The van der Waals surface area contributed by atoms with E-state index >= 15 is 0 Å². The summed E-state index contributed by atoms with van der Waals surface area (Å²) in [6, 6.07) is 0. The van der Waals surface area contributed by atoms with Gasteiger partial charge in [0.05, 0.1) is 0 Å². The third-order valence-electron chi connectivity index (χ3n) is 3.45. The number of nitrogens with zero attached hydrogens (tertiary/aromatic N) is 2. The van der Waals surface area contributed by atoms with Crippen LogP contribution in [-0.2, 0) is 0 Å². The molecule has 0 spiro atoms. The van der Waals surface area contributed by atoms with Gasteiger partial charge in [0.15, 0.2) is 5.82 Å². The molecule has 0 aliphatic carbocycles. The largest absolute Gasteiger partial charge is 0.339 e. The van der Waals surface area contributed by atoms with E-state index in [1.165, 1.54) is 24.3 Å². The van der Waals surface area contributed by atoms with Crippen molar-refractivity contribution in [3.8, 4) is 0 Å². The molecule has 2 aliphatic rings. The summed E-state index contributed by atoms with van der Waals surface area (Å²) in [6.45, 7) is 2.08. The summed E-state index contributed by atoms with van der Waals surface area (Å²) in [5.41, 5.74) is 0. The molecule has 1 aromatic rings. The summed E-state index contributed by atoms with van der Waals surface area (Å²) >= 11 is 2.03. The van der Waals surface area contributed by atoms with Crippen molar-refractivity contribution in [1.29, 1.82) is 0 Å². The summed E-state index contributed by atoms with van der Waals surface area (Å²) in [6.07, 6.45) is 3.52. The molecular weight excluding hydrogens is 222 g/mol. The molecule has 3 rings (SSSR count). The highest BCUT2D eigenvalue weighted by Gasteiger charge is 2.26. The van der Waals surface area contributed by atoms with Gasteiger partial charge in [-0.05, 0) is 37.3 Å². The van der Waals surface area contributed by atoms with Crippen LogP contribution in [0.4, 0.5) is 0 Å². The van der Waals surface area contributed by atoms with E-state index in [-0.39, 0.29) is 0 Å². The Morgan fingerprint density at radius 1 is 1.19 bits per heavy atom. The zero-order valence-corrected chi connectivity index (χ0v) is 10.1. The Bertz CT molecular complexity index is 343. The van der Waals surface area contributed by atoms with Crippen molar-refractivity contribution >= 4 is 11.8 Å². The van der Waals surface area contributed by atoms with Crippen LogP contribution in [0.15, 0.2) is 4.52 Å². The van der Waals surface area contributed by atoms with Crippen LogP contribution in [0.2, 0.25) is 0 Å². The minimum Gasteiger partial charge on any atom is -0.339 e. The number of hydrogen-bond donors (Lipinski definition) is 1. The quantitative estimate of drug-likeness (QED) is 0.852. The number of thioether (sulfide) groups is 1. The zero-order chi connectivity index (χ0) is 10.8. The second-order valence-corrected chi connectivity index (χ2v) is 5.79. The van der Waals surface area contributed by atoms with Gasteiger partial charge >= 0.3 is 0 Å². The lowest BCUT2D eigenvalue weighted by atomic mass is 10.0. The predicted molar refractivity (Wildman–Crippen MR) is 63.8 cm³/mol. The van der Waals surface area contributed by atoms with Crippen molar-refractivity contribution < 1.29 is 4.52 Å². The average molecular weight is 239 g/mol. The van der Waals surface area contributed by atoms with Crippen molar-refractivity contribution in [2.45, 2.75) is 31.1 Å². The summed E-state index contributed by atoms with van der Waals surface area (Å²) in [4.78, 5) is 4.59. The molecule has 0 bridgehead atoms. The van der Waals surface area contributed by atoms with E-state index < -0.39 is 0 Å². The lowest BCUT2D eigenvalue weighted by molar-refractivity contribution is 0.340. The van der Waals surface area contributed by atoms with Gasteiger partial charge in [-0.2, -0.15) is 16.7 Å². The molecule has 5 heteroatoms. The number of rotatable bonds is 2. The maximum absolute atomic E-state index is 5.42. The normalized spacial score (nSPS) is 27.4. The molecule has 3 heterocycles. The smallest absolute Gasteiger partial charge is 0.229 e. The maximum Gasteiger partial charge on any atom is 0.229 e. The van der Waals surface area contributed by atoms with E-state index in [0.717, 1.165) is 31.2 Å². The van der Waals surface area contributed by atoms with Crippen molar-refractivity contribution in [1.82, 2.24) is 15.5 Å². The zero-order valence-electron chi connectivity index (χ0n) is 9.32. The van der Waals surface area contributed by atoms with Crippen molar-refractivity contribution in [2.75, 3.05) is 24.6 Å². The van der Waals surface area contributed by atoms with Gasteiger partial charge in [0.1, 0.15) is 0 Å². The molecule has 2 aliphatic heterocycles. The fraction of sp³-hybridized carbons (Fsp3) is 0.818. The topological polar surface area (TPSA) is 51.0 Å². The molecule has 88 valence electrons. The minimum absolute atomic E-state index is 0.468. The van der Waals surface area contributed by atoms with Crippen LogP contribution >= 0.6 is 11.8 Å². The van der Waals surface area contributed by atoms with E-state index in [1.807, 2.05) is 11.8 Å². The van der Waals surface area contributed by atoms with Gasteiger partial charge in [0.25, 0.3) is 0 Å². The summed E-state index contributed by atoms with van der Waals surface area (Å²) < 4.78 is 5.42. The molecule has 1 unspecified atom stereocenters. The van der Waals surface area contributed by atoms with Gasteiger partial charge in [-0.25, -0.2) is 0 Å². The Labute approximate surface area is 99.6 Å². The highest BCUT2D eigenvalue weighted by atomic mass is 32.2. The van der Waals surface area contributed by atoms with E-state index in [9.17, 15) is 0 Å². The van der Waals surface area contributed by atoms with Crippen molar-refractivity contribution in [2.24, 2.45) is 0 Å². The second-order valence-electron chi connectivity index (χ2n) is 4.57. The Morgan fingerprint density at radius 3 is 2.81 bits per heavy atom. The van der Waals surface area contributed by atoms with Gasteiger partial charge in [-0.3, -0.25) is 0 Å². The van der Waals surface area contributed by atoms with E-state index in [2.05, 4.69) is 15.5 Å². The summed E-state index contributed by atoms with van der Waals surface area (Å²) in [7, 11) is 0. The predicted octanol–water partition coefficient (Wildman–Crippen LogP) is 1.76. The molecule has 0 aromatic carbocycles. The fourth-order valence-corrected chi connectivity index (χ4v) is 3.50. The molecule has 0 radical (unpaired) electrons. The van der Waals surface area contributed by atoms with Crippen LogP contribution in [0.25, 0.3) is 0 Å². The van der Waals surface area contributed by atoms with Crippen LogP contribution in [0.5, 0.6) is 0 Å². The highest BCUT2D eigenvalue weighted by Crippen LogP contribution is 2.31. The summed E-state index contributed by atoms with van der Waals surface area (Å²) in [5, 5.41) is 7.48. The van der Waals surface area contributed by atoms with Crippen LogP contribution in [0.1, 0.15) is 42.8 Å². The third-order valence-corrected chi connectivity index (χ3v) is 4.50. The Hall–Kier alpha value is -0.550. The second kappa shape index (κ2) is 4.75. The molecular formula is C11H17N3OS. The van der Waals surface area contributed by atoms with Crippen LogP contribution in [-0.4, -0.2) is 34.7 Å². The number of aromatic nitrogens is 2. The van der Waals surface area contributed by atoms with Gasteiger partial charge < -0.3 is 9.84 Å². The maximum atomic E-state index is 5.42. The lowest BCUT2D eigenvalue weighted by Crippen LogP contribution is -2.10. The Kier molecular flexibility index (Phi) is 3.15. The van der Waals surface area contributed by atoms with Crippen LogP contribution in [0, 0.1) is 0 Å². The van der Waals surface area contributed by atoms with E-state index in [1.54, 1.807) is 0 Å². The van der Waals surface area contributed by atoms with Gasteiger partial charge in [0, 0.05) is 18.4 Å². The fourth-order valence-electron chi connectivity index (χ4n) is 2.40. The van der Waals surface area contributed by atoms with E-state index in [4.69, 9.17) is 4.52 Å². The molecule has 0 saturated carbocycles. The molecule has 1 atom stereocenters. The molecule has 2 saturated heterocycles. The standard InChI is InChI=1S/C11H17N3OS/c1-4-12-7-9(1)10-13-11(15-14-10)8-2-5-16-6-3-8/h8-9,12H,1-7H2. The van der Waals surface area contributed by atoms with Gasteiger partial charge in [-0.1, -0.05) is 5.16 Å². The minimum atomic E-state index is 0.468. The Morgan fingerprint density at radius 2 is 2.06 bits per heavy atom.